The van der Waals surface area contributed by atoms with E-state index in [-0.39, 0.29) is 17.6 Å². The van der Waals surface area contributed by atoms with Gasteiger partial charge in [-0.2, -0.15) is 13.2 Å². The topological polar surface area (TPSA) is 95.8 Å². The van der Waals surface area contributed by atoms with E-state index in [2.05, 4.69) is 15.6 Å². The number of benzene rings is 2. The molecule has 3 aromatic rings. The summed E-state index contributed by atoms with van der Waals surface area (Å²) in [6.45, 7) is 9.86. The molecule has 0 unspecified atom stereocenters. The lowest BCUT2D eigenvalue weighted by Crippen LogP contribution is -2.41. The highest BCUT2D eigenvalue weighted by Crippen LogP contribution is 2.36. The van der Waals surface area contributed by atoms with Crippen LogP contribution in [0.1, 0.15) is 51.8 Å². The van der Waals surface area contributed by atoms with Crippen LogP contribution in [0.15, 0.2) is 64.2 Å². The molecule has 36 heavy (non-hydrogen) atoms. The van der Waals surface area contributed by atoms with Crippen molar-refractivity contribution in [1.29, 1.82) is 0 Å². The van der Waals surface area contributed by atoms with E-state index >= 15 is 0 Å². The molecule has 4 rings (SSSR count). The number of anilines is 1. The van der Waals surface area contributed by atoms with Crippen molar-refractivity contribution >= 4 is 30.2 Å². The summed E-state index contributed by atoms with van der Waals surface area (Å²) in [6, 6.07) is 10.8. The zero-order valence-electron chi connectivity index (χ0n) is 20.5. The van der Waals surface area contributed by atoms with E-state index in [1.54, 1.807) is 0 Å². The molecule has 8 nitrogen and oxygen atoms in total. The zero-order chi connectivity index (χ0) is 26.3. The Morgan fingerprint density at radius 1 is 1.08 bits per heavy atom. The third-order valence-electron chi connectivity index (χ3n) is 6.47. The van der Waals surface area contributed by atoms with E-state index in [0.29, 0.717) is 0 Å². The van der Waals surface area contributed by atoms with Crippen LogP contribution in [0.3, 0.4) is 0 Å². The van der Waals surface area contributed by atoms with E-state index in [1.165, 1.54) is 23.0 Å². The number of nitrogens with zero attached hydrogens (tertiary/aromatic N) is 3. The van der Waals surface area contributed by atoms with Gasteiger partial charge in [-0.15, -0.1) is 0 Å². The van der Waals surface area contributed by atoms with Crippen LogP contribution in [0.4, 0.5) is 24.7 Å². The van der Waals surface area contributed by atoms with Crippen LogP contribution in [-0.2, 0) is 15.5 Å². The van der Waals surface area contributed by atoms with Gasteiger partial charge >= 0.3 is 19.2 Å². The highest BCUT2D eigenvalue weighted by Gasteiger charge is 2.51. The lowest BCUT2D eigenvalue weighted by atomic mass is 9.78. The Bertz CT molecular complexity index is 1240. The quantitative estimate of drug-likeness (QED) is 0.249. The molecule has 2 heterocycles. The van der Waals surface area contributed by atoms with Crippen LogP contribution in [0.25, 0.3) is 0 Å². The SMILES string of the molecule is C[C@@H](c1ccc(B2OC(C)(C)C(C)(C)O2)cc1)[n+]1cc(N=C([O-])Nc2cccc(C(F)(F)F)c2)on1. The highest BCUT2D eigenvalue weighted by molar-refractivity contribution is 6.62. The minimum absolute atomic E-state index is 0.0404. The lowest BCUT2D eigenvalue weighted by molar-refractivity contribution is -0.774. The first-order chi connectivity index (χ1) is 16.7. The van der Waals surface area contributed by atoms with Crippen molar-refractivity contribution in [2.75, 3.05) is 5.32 Å². The van der Waals surface area contributed by atoms with Crippen molar-refractivity contribution in [3.63, 3.8) is 0 Å². The molecule has 0 radical (unpaired) electrons. The maximum atomic E-state index is 12.9. The smallest absolute Gasteiger partial charge is 0.494 e. The first-order valence-electron chi connectivity index (χ1n) is 11.3. The molecule has 1 aliphatic rings. The van der Waals surface area contributed by atoms with Gasteiger partial charge in [0.1, 0.15) is 0 Å². The van der Waals surface area contributed by atoms with Gasteiger partial charge in [-0.05, 0) is 56.0 Å². The Labute approximate surface area is 206 Å². The molecule has 1 aromatic heterocycles. The van der Waals surface area contributed by atoms with E-state index in [1.807, 2.05) is 58.9 Å². The van der Waals surface area contributed by atoms with Crippen molar-refractivity contribution in [3.05, 3.63) is 65.9 Å². The van der Waals surface area contributed by atoms with E-state index in [4.69, 9.17) is 13.8 Å². The number of rotatable bonds is 5. The average Bonchev–Trinajstić information content (AvgIpc) is 3.34. The van der Waals surface area contributed by atoms with E-state index < -0.39 is 36.1 Å². The summed E-state index contributed by atoms with van der Waals surface area (Å²) in [5, 5.41) is 18.4. The summed E-state index contributed by atoms with van der Waals surface area (Å²) in [5.74, 6) is -0.0971. The summed E-state index contributed by atoms with van der Waals surface area (Å²) in [7, 11) is -0.472. The van der Waals surface area contributed by atoms with Gasteiger partial charge < -0.3 is 19.7 Å². The van der Waals surface area contributed by atoms with Crippen molar-refractivity contribution in [2.24, 2.45) is 4.99 Å². The highest BCUT2D eigenvalue weighted by atomic mass is 19.4. The number of nitrogens with one attached hydrogen (secondary N) is 1. The number of aromatic nitrogens is 2. The molecule has 1 saturated heterocycles. The number of aliphatic imine (C=N–C) groups is 1. The molecular formula is C24H26BF3N4O4. The van der Waals surface area contributed by atoms with Crippen molar-refractivity contribution in [2.45, 2.75) is 58.0 Å². The first kappa shape index (κ1) is 25.7. The molecule has 12 heteroatoms. The second-order valence-electron chi connectivity index (χ2n) is 9.57. The Hall–Kier alpha value is -3.38. The van der Waals surface area contributed by atoms with Gasteiger partial charge in [0.25, 0.3) is 6.20 Å². The van der Waals surface area contributed by atoms with E-state index in [0.717, 1.165) is 23.2 Å². The molecule has 2 aromatic carbocycles. The molecular weight excluding hydrogens is 476 g/mol. The third kappa shape index (κ3) is 5.39. The van der Waals surface area contributed by atoms with E-state index in [9.17, 15) is 18.3 Å². The van der Waals surface area contributed by atoms with Crippen molar-refractivity contribution < 1.29 is 36.8 Å². The number of hydrogen-bond acceptors (Lipinski definition) is 6. The molecule has 0 aliphatic carbocycles. The molecule has 1 fully saturated rings. The van der Waals surface area contributed by atoms with Gasteiger partial charge in [-0.3, -0.25) is 4.52 Å². The van der Waals surface area contributed by atoms with Crippen molar-refractivity contribution in [1.82, 2.24) is 5.27 Å². The Morgan fingerprint density at radius 3 is 2.33 bits per heavy atom. The van der Waals surface area contributed by atoms with Crippen LogP contribution in [0.5, 0.6) is 0 Å². The minimum atomic E-state index is -4.52. The van der Waals surface area contributed by atoms with Crippen LogP contribution < -0.4 is 20.6 Å². The number of amidine groups is 1. The van der Waals surface area contributed by atoms with Crippen LogP contribution in [-0.4, -0.2) is 29.6 Å². The van der Waals surface area contributed by atoms with Gasteiger partial charge in [-0.25, -0.2) is 4.99 Å². The first-order valence-corrected chi connectivity index (χ1v) is 11.3. The summed E-state index contributed by atoms with van der Waals surface area (Å²) in [4.78, 5) is 3.72. The predicted molar refractivity (Wildman–Crippen MR) is 125 cm³/mol. The molecule has 0 spiro atoms. The lowest BCUT2D eigenvalue weighted by Gasteiger charge is -2.32. The Morgan fingerprint density at radius 2 is 1.72 bits per heavy atom. The maximum absolute atomic E-state index is 12.9. The summed E-state index contributed by atoms with van der Waals surface area (Å²) in [6.07, 6.45) is -3.09. The average molecular weight is 502 g/mol. The van der Waals surface area contributed by atoms with Crippen LogP contribution in [0, 0.1) is 0 Å². The van der Waals surface area contributed by atoms with Crippen LogP contribution >= 0.6 is 0 Å². The molecule has 1 aliphatic heterocycles. The van der Waals surface area contributed by atoms with Crippen LogP contribution in [0.2, 0.25) is 0 Å². The van der Waals surface area contributed by atoms with Gasteiger partial charge in [0.05, 0.1) is 22.8 Å². The molecule has 190 valence electrons. The third-order valence-corrected chi connectivity index (χ3v) is 6.47. The molecule has 1 atom stereocenters. The number of hydrogen-bond donors (Lipinski definition) is 1. The molecule has 0 saturated carbocycles. The molecule has 1 N–H and O–H groups in total. The maximum Gasteiger partial charge on any atom is 0.494 e. The number of alkyl halides is 3. The standard InChI is InChI=1S/C24H26BF3N4O4/c1-15(16-9-11-18(12-10-16)25-35-22(2,3)23(4,5)36-25)32-14-20(34-31-32)30-21(33)29-19-8-6-7-17(13-19)24(26,27)28/h6-15H,1-5H3,(H-,29,30,31,33)/t15-/m0/s1. The zero-order valence-corrected chi connectivity index (χ0v) is 20.5. The fraction of sp³-hybridized carbons (Fsp3) is 0.375. The van der Waals surface area contributed by atoms with Gasteiger partial charge in [0.2, 0.25) is 11.3 Å². The largest absolute Gasteiger partial charge is 0.846 e. The summed E-state index contributed by atoms with van der Waals surface area (Å²) >= 11 is 0. The Balaban J connectivity index is 1.43. The van der Waals surface area contributed by atoms with Gasteiger partial charge in [-0.1, -0.05) is 30.3 Å². The normalized spacial score (nSPS) is 18.3. The van der Waals surface area contributed by atoms with Crippen molar-refractivity contribution in [3.8, 4) is 0 Å². The van der Waals surface area contributed by atoms with Gasteiger partial charge in [0, 0.05) is 18.2 Å². The summed E-state index contributed by atoms with van der Waals surface area (Å²) < 4.78 is 57.3. The number of halogens is 3. The fourth-order valence-corrected chi connectivity index (χ4v) is 3.57. The monoisotopic (exact) mass is 502 g/mol. The predicted octanol–water partition coefficient (Wildman–Crippen LogP) is 3.35. The Kier molecular flexibility index (Phi) is 6.61. The summed E-state index contributed by atoms with van der Waals surface area (Å²) in [5.41, 5.74) is 0.00361. The van der Waals surface area contributed by atoms with Gasteiger partial charge in [0.15, 0.2) is 0 Å². The second-order valence-corrected chi connectivity index (χ2v) is 9.57. The second kappa shape index (κ2) is 9.25. The minimum Gasteiger partial charge on any atom is -0.846 e. The molecule has 0 amide bonds. The fourth-order valence-electron chi connectivity index (χ4n) is 3.57. The molecule has 0 bridgehead atoms.